The van der Waals surface area contributed by atoms with Crippen LogP contribution in [0.3, 0.4) is 0 Å². The van der Waals surface area contributed by atoms with E-state index in [-0.39, 0.29) is 23.1 Å². The second-order valence-corrected chi connectivity index (χ2v) is 12.7. The molecule has 3 aliphatic rings. The Hall–Kier alpha value is -4.47. The molecule has 222 valence electrons. The largest absolute Gasteiger partial charge is 0.493 e. The normalized spacial score (nSPS) is 19.6. The zero-order valence-electron chi connectivity index (χ0n) is 24.7. The minimum absolute atomic E-state index is 0.212. The number of para-hydroxylation sites is 1. The maximum absolute atomic E-state index is 14.2. The number of carbonyl (C=O) groups excluding carboxylic acids is 2. The molecule has 10 heteroatoms. The lowest BCUT2D eigenvalue weighted by Gasteiger charge is -2.38. The molecule has 43 heavy (non-hydrogen) atoms. The summed E-state index contributed by atoms with van der Waals surface area (Å²) in [6.07, 6.45) is 6.78. The highest BCUT2D eigenvalue weighted by molar-refractivity contribution is 6.01. The van der Waals surface area contributed by atoms with Crippen molar-refractivity contribution in [1.29, 1.82) is 0 Å². The quantitative estimate of drug-likeness (QED) is 0.298. The van der Waals surface area contributed by atoms with Gasteiger partial charge < -0.3 is 19.8 Å². The van der Waals surface area contributed by atoms with E-state index in [0.29, 0.717) is 35.7 Å². The van der Waals surface area contributed by atoms with Gasteiger partial charge in [0.1, 0.15) is 17.5 Å². The van der Waals surface area contributed by atoms with Gasteiger partial charge in [-0.15, -0.1) is 10.2 Å². The van der Waals surface area contributed by atoms with Gasteiger partial charge >= 0.3 is 0 Å². The van der Waals surface area contributed by atoms with Gasteiger partial charge in [-0.25, -0.2) is 0 Å². The van der Waals surface area contributed by atoms with Crippen LogP contribution in [0.5, 0.6) is 5.75 Å². The first-order chi connectivity index (χ1) is 20.7. The Balaban J connectivity index is 1.19. The first-order valence-electron chi connectivity index (χ1n) is 15.0. The van der Waals surface area contributed by atoms with E-state index in [4.69, 9.17) is 9.15 Å². The van der Waals surface area contributed by atoms with Gasteiger partial charge in [0.2, 0.25) is 17.7 Å². The zero-order valence-corrected chi connectivity index (χ0v) is 24.7. The number of hydrogen-bond donors (Lipinski definition) is 2. The number of rotatable bonds is 8. The topological polar surface area (TPSA) is 124 Å². The number of hydrogen-bond acceptors (Lipinski definition) is 7. The molecule has 0 bridgehead atoms. The molecule has 0 radical (unpaired) electrons. The molecule has 2 aliphatic carbocycles. The average molecular weight is 581 g/mol. The van der Waals surface area contributed by atoms with Crippen LogP contribution in [0.15, 0.2) is 65.2 Å². The van der Waals surface area contributed by atoms with Crippen LogP contribution in [0, 0.1) is 5.41 Å². The van der Waals surface area contributed by atoms with E-state index in [1.165, 1.54) is 11.1 Å². The van der Waals surface area contributed by atoms with Gasteiger partial charge in [-0.1, -0.05) is 36.8 Å². The second kappa shape index (κ2) is 10.4. The number of anilines is 1. The van der Waals surface area contributed by atoms with E-state index < -0.39 is 11.5 Å². The van der Waals surface area contributed by atoms with Gasteiger partial charge in [-0.05, 0) is 69.4 Å². The molecule has 2 saturated carbocycles. The highest BCUT2D eigenvalue weighted by Crippen LogP contribution is 2.61. The molecule has 10 nitrogen and oxygen atoms in total. The number of amides is 2. The van der Waals surface area contributed by atoms with Crippen molar-refractivity contribution in [2.45, 2.75) is 69.2 Å². The number of carbonyl (C=O) groups is 2. The molecule has 2 aromatic heterocycles. The fourth-order valence-corrected chi connectivity index (χ4v) is 6.41. The van der Waals surface area contributed by atoms with Crippen molar-refractivity contribution in [2.24, 2.45) is 12.5 Å². The maximum atomic E-state index is 14.2. The Kier molecular flexibility index (Phi) is 6.59. The Labute approximate surface area is 250 Å². The van der Waals surface area contributed by atoms with Gasteiger partial charge in [-0.2, -0.15) is 5.10 Å². The van der Waals surface area contributed by atoms with Crippen molar-refractivity contribution in [3.05, 3.63) is 89.4 Å². The summed E-state index contributed by atoms with van der Waals surface area (Å²) in [4.78, 5) is 27.7. The first kappa shape index (κ1) is 27.4. The fraction of sp³-hybridized carbons (Fsp3) is 0.424. The lowest BCUT2D eigenvalue weighted by Crippen LogP contribution is -2.52. The molecule has 2 atom stereocenters. The number of nitrogens with one attached hydrogen (secondary N) is 2. The summed E-state index contributed by atoms with van der Waals surface area (Å²) in [5, 5.41) is 19.1. The summed E-state index contributed by atoms with van der Waals surface area (Å²) in [6, 6.07) is 16.3. The number of nitrogens with zero attached hydrogens (tertiary/aromatic N) is 4. The molecule has 2 N–H and O–H groups in total. The standard InChI is InChI=1S/C33H36N6O4/c1-32(2,31-38-37-30(43-31)20-8-6-9-20)21-10-7-11-22(18-21)35-29(41)27(36-28(40)24-14-17-34-39(24)3)26-23-12-4-5-13-25(23)42-19-33(26)15-16-33/h4-5,7,10-14,17-18,20,26-27H,6,8-9,15-16,19H2,1-3H3,(H,35,41)(H,36,40)/t26?,27-/m0/s1. The van der Waals surface area contributed by atoms with Crippen molar-refractivity contribution in [1.82, 2.24) is 25.3 Å². The molecule has 2 fully saturated rings. The van der Waals surface area contributed by atoms with Gasteiger partial charge in [0.25, 0.3) is 5.91 Å². The van der Waals surface area contributed by atoms with Crippen molar-refractivity contribution >= 4 is 17.5 Å². The van der Waals surface area contributed by atoms with Crippen LogP contribution in [0.4, 0.5) is 5.69 Å². The molecule has 3 heterocycles. The number of benzene rings is 2. The Morgan fingerprint density at radius 2 is 1.88 bits per heavy atom. The third-order valence-corrected chi connectivity index (χ3v) is 9.56. The highest BCUT2D eigenvalue weighted by atomic mass is 16.5. The van der Waals surface area contributed by atoms with E-state index in [1.807, 2.05) is 62.4 Å². The monoisotopic (exact) mass is 580 g/mol. The molecule has 1 unspecified atom stereocenters. The minimum atomic E-state index is -0.840. The number of fused-ring (bicyclic) bond motifs is 1. The van der Waals surface area contributed by atoms with Gasteiger partial charge in [0.15, 0.2) is 0 Å². The van der Waals surface area contributed by atoms with Crippen molar-refractivity contribution in [3.63, 3.8) is 0 Å². The van der Waals surface area contributed by atoms with Crippen LogP contribution in [-0.2, 0) is 17.3 Å². The molecule has 2 amide bonds. The first-order valence-corrected chi connectivity index (χ1v) is 15.0. The van der Waals surface area contributed by atoms with Crippen molar-refractivity contribution in [3.8, 4) is 5.75 Å². The molecular formula is C33H36N6O4. The zero-order chi connectivity index (χ0) is 29.8. The lowest BCUT2D eigenvalue weighted by atomic mass is 9.76. The lowest BCUT2D eigenvalue weighted by molar-refractivity contribution is -0.119. The second-order valence-electron chi connectivity index (χ2n) is 12.7. The Morgan fingerprint density at radius 1 is 1.07 bits per heavy atom. The summed E-state index contributed by atoms with van der Waals surface area (Å²) in [5.74, 6) is 1.47. The van der Waals surface area contributed by atoms with E-state index in [1.54, 1.807) is 19.3 Å². The molecule has 7 rings (SSSR count). The fourth-order valence-electron chi connectivity index (χ4n) is 6.41. The molecule has 1 aliphatic heterocycles. The van der Waals surface area contributed by atoms with Crippen LogP contribution >= 0.6 is 0 Å². The van der Waals surface area contributed by atoms with E-state index in [0.717, 1.165) is 42.6 Å². The van der Waals surface area contributed by atoms with Crippen molar-refractivity contribution < 1.29 is 18.7 Å². The summed E-state index contributed by atoms with van der Waals surface area (Å²) in [5.41, 5.74) is 2.09. The number of ether oxygens (including phenoxy) is 1. The summed E-state index contributed by atoms with van der Waals surface area (Å²) < 4.78 is 13.7. The van der Waals surface area contributed by atoms with E-state index in [9.17, 15) is 9.59 Å². The molecule has 2 aromatic carbocycles. The van der Waals surface area contributed by atoms with Crippen LogP contribution in [-0.4, -0.2) is 44.4 Å². The van der Waals surface area contributed by atoms with E-state index >= 15 is 0 Å². The maximum Gasteiger partial charge on any atom is 0.270 e. The van der Waals surface area contributed by atoms with Gasteiger partial charge in [0.05, 0.1) is 12.0 Å². The SMILES string of the molecule is Cn1nccc1C(=O)N[C@H](C(=O)Nc1cccc(C(C)(C)c2nnc(C3CCC3)o2)c1)C1c2ccccc2OCC12CC2. The average Bonchev–Trinajstić information content (AvgIpc) is 3.33. The van der Waals surface area contributed by atoms with Gasteiger partial charge in [0, 0.05) is 41.7 Å². The number of aryl methyl sites for hydroxylation is 1. The molecular weight excluding hydrogens is 544 g/mol. The Morgan fingerprint density at radius 3 is 2.60 bits per heavy atom. The number of aromatic nitrogens is 4. The molecule has 0 saturated heterocycles. The Bertz CT molecular complexity index is 1680. The van der Waals surface area contributed by atoms with Gasteiger partial charge in [-0.3, -0.25) is 14.3 Å². The summed E-state index contributed by atoms with van der Waals surface area (Å²) in [6.45, 7) is 4.59. The summed E-state index contributed by atoms with van der Waals surface area (Å²) >= 11 is 0. The highest BCUT2D eigenvalue weighted by Gasteiger charge is 2.57. The third-order valence-electron chi connectivity index (χ3n) is 9.56. The molecule has 1 spiro atoms. The summed E-state index contributed by atoms with van der Waals surface area (Å²) in [7, 11) is 1.71. The van der Waals surface area contributed by atoms with Crippen LogP contribution < -0.4 is 15.4 Å². The van der Waals surface area contributed by atoms with E-state index in [2.05, 4.69) is 25.9 Å². The van der Waals surface area contributed by atoms with Crippen molar-refractivity contribution in [2.75, 3.05) is 11.9 Å². The van der Waals surface area contributed by atoms with Crippen LogP contribution in [0.2, 0.25) is 0 Å². The smallest absolute Gasteiger partial charge is 0.270 e. The van der Waals surface area contributed by atoms with Crippen LogP contribution in [0.25, 0.3) is 0 Å². The predicted octanol–water partition coefficient (Wildman–Crippen LogP) is 5.09. The predicted molar refractivity (Wildman–Crippen MR) is 159 cm³/mol. The third kappa shape index (κ3) is 4.88. The van der Waals surface area contributed by atoms with Crippen LogP contribution in [0.1, 0.15) is 91.2 Å². The minimum Gasteiger partial charge on any atom is -0.493 e. The molecule has 4 aromatic rings.